The average molecular weight is 575 g/mol. The minimum absolute atomic E-state index is 0.0444. The molecule has 39 heavy (non-hydrogen) atoms. The third-order valence-corrected chi connectivity index (χ3v) is 10.0. The quantitative estimate of drug-likeness (QED) is 0.383. The zero-order valence-corrected chi connectivity index (χ0v) is 23.2. The van der Waals surface area contributed by atoms with E-state index >= 15 is 4.39 Å². The Bertz CT molecular complexity index is 1280. The summed E-state index contributed by atoms with van der Waals surface area (Å²) in [4.78, 5) is 28.2. The van der Waals surface area contributed by atoms with Crippen LogP contribution in [0.25, 0.3) is 0 Å². The number of hydrogen-bond donors (Lipinski definition) is 4. The number of fused-ring (bicyclic) bond motifs is 2. The predicted octanol–water partition coefficient (Wildman–Crippen LogP) is 5.45. The molecule has 0 unspecified atom stereocenters. The largest absolute Gasteiger partial charge is 0.393 e. The number of halogens is 3. The molecule has 9 heteroatoms. The first kappa shape index (κ1) is 27.0. The third kappa shape index (κ3) is 4.65. The summed E-state index contributed by atoms with van der Waals surface area (Å²) in [6, 6.07) is 8.79. The molecule has 0 bridgehead atoms. The van der Waals surface area contributed by atoms with Crippen molar-refractivity contribution in [2.24, 2.45) is 5.92 Å². The van der Waals surface area contributed by atoms with E-state index in [1.54, 1.807) is 24.3 Å². The Morgan fingerprint density at radius 1 is 1.08 bits per heavy atom. The normalized spacial score (nSPS) is 32.4. The van der Waals surface area contributed by atoms with Crippen LogP contribution in [0.4, 0.5) is 10.1 Å². The molecule has 6 rings (SSSR count). The number of aliphatic hydroxyl groups excluding tert-OH is 1. The summed E-state index contributed by atoms with van der Waals surface area (Å²) in [5.41, 5.74) is 0.355. The monoisotopic (exact) mass is 573 g/mol. The molecule has 4 atom stereocenters. The highest BCUT2D eigenvalue weighted by atomic mass is 35.5. The summed E-state index contributed by atoms with van der Waals surface area (Å²) >= 11 is 12.6. The van der Waals surface area contributed by atoms with Crippen LogP contribution in [-0.4, -0.2) is 41.2 Å². The van der Waals surface area contributed by atoms with Crippen molar-refractivity contribution < 1.29 is 19.1 Å². The van der Waals surface area contributed by atoms with Gasteiger partial charge in [-0.3, -0.25) is 9.59 Å². The molecule has 4 aliphatic rings. The molecule has 0 aromatic heterocycles. The van der Waals surface area contributed by atoms with E-state index in [9.17, 15) is 14.7 Å². The molecule has 1 spiro atoms. The molecule has 2 aromatic rings. The van der Waals surface area contributed by atoms with Crippen molar-refractivity contribution in [1.82, 2.24) is 10.6 Å². The van der Waals surface area contributed by atoms with Crippen LogP contribution in [0.5, 0.6) is 0 Å². The van der Waals surface area contributed by atoms with E-state index < -0.39 is 29.2 Å². The maximum atomic E-state index is 15.9. The van der Waals surface area contributed by atoms with Crippen molar-refractivity contribution in [3.05, 3.63) is 63.4 Å². The first-order valence-electron chi connectivity index (χ1n) is 14.1. The van der Waals surface area contributed by atoms with Gasteiger partial charge in [-0.2, -0.15) is 0 Å². The summed E-state index contributed by atoms with van der Waals surface area (Å²) in [6.07, 6.45) is 7.39. The van der Waals surface area contributed by atoms with Crippen LogP contribution in [-0.2, 0) is 15.0 Å². The second kappa shape index (κ2) is 10.7. The smallest absolute Gasteiger partial charge is 0.238 e. The van der Waals surface area contributed by atoms with E-state index in [2.05, 4.69) is 16.0 Å². The minimum atomic E-state index is -1.22. The molecule has 2 heterocycles. The van der Waals surface area contributed by atoms with Gasteiger partial charge in [0.2, 0.25) is 11.8 Å². The molecule has 2 amide bonds. The van der Waals surface area contributed by atoms with E-state index in [-0.39, 0.29) is 34.5 Å². The number of rotatable bonds is 5. The van der Waals surface area contributed by atoms with Crippen LogP contribution < -0.4 is 16.0 Å². The summed E-state index contributed by atoms with van der Waals surface area (Å²) in [7, 11) is 0. The predicted molar refractivity (Wildman–Crippen MR) is 150 cm³/mol. The molecule has 2 aromatic carbocycles. The first-order valence-corrected chi connectivity index (χ1v) is 14.8. The average Bonchev–Trinajstić information content (AvgIpc) is 3.61. The lowest BCUT2D eigenvalue weighted by Crippen LogP contribution is -2.49. The molecule has 2 aliphatic carbocycles. The lowest BCUT2D eigenvalue weighted by atomic mass is 9.63. The number of benzene rings is 2. The Morgan fingerprint density at radius 2 is 1.82 bits per heavy atom. The van der Waals surface area contributed by atoms with E-state index in [1.807, 2.05) is 6.07 Å². The first-order chi connectivity index (χ1) is 18.8. The van der Waals surface area contributed by atoms with Crippen molar-refractivity contribution in [2.45, 2.75) is 93.3 Å². The van der Waals surface area contributed by atoms with Gasteiger partial charge < -0.3 is 21.1 Å². The molecular formula is C30H34Cl2FN3O3. The third-order valence-electron chi connectivity index (χ3n) is 9.49. The minimum Gasteiger partial charge on any atom is -0.393 e. The van der Waals surface area contributed by atoms with Crippen LogP contribution in [0.15, 0.2) is 36.4 Å². The number of amides is 2. The summed E-state index contributed by atoms with van der Waals surface area (Å²) in [5, 5.41) is 20.1. The van der Waals surface area contributed by atoms with E-state index in [0.29, 0.717) is 48.7 Å². The molecule has 2 aliphatic heterocycles. The number of hydrogen-bond acceptors (Lipinski definition) is 4. The fraction of sp³-hybridized carbons (Fsp3) is 0.533. The molecule has 1 saturated heterocycles. The van der Waals surface area contributed by atoms with Crippen molar-refractivity contribution in [3.8, 4) is 0 Å². The van der Waals surface area contributed by atoms with Gasteiger partial charge in [-0.05, 0) is 67.3 Å². The van der Waals surface area contributed by atoms with Gasteiger partial charge in [-0.1, -0.05) is 67.1 Å². The topological polar surface area (TPSA) is 90.5 Å². The van der Waals surface area contributed by atoms with E-state index in [1.165, 1.54) is 6.07 Å². The molecule has 2 saturated carbocycles. The van der Waals surface area contributed by atoms with Crippen molar-refractivity contribution in [1.29, 1.82) is 0 Å². The van der Waals surface area contributed by atoms with Crippen LogP contribution in [0.3, 0.4) is 0 Å². The van der Waals surface area contributed by atoms with Gasteiger partial charge >= 0.3 is 0 Å². The maximum Gasteiger partial charge on any atom is 0.238 e. The zero-order chi connectivity index (χ0) is 27.3. The van der Waals surface area contributed by atoms with E-state index in [4.69, 9.17) is 23.2 Å². The number of nitrogens with one attached hydrogen (secondary N) is 3. The van der Waals surface area contributed by atoms with Crippen LogP contribution in [0, 0.1) is 11.7 Å². The molecule has 4 N–H and O–H groups in total. The standard InChI is InChI=1S/C30H34Cl2FN3O3/c31-17-8-13-21-23(15-17)35-29(39)30(21)24(14-16-4-1-2-5-16)36-27(25(30)20-6-3-7-22(32)26(20)33)28(38)34-18-9-11-19(37)12-10-18/h3,6-8,13,15-16,18-19,24-25,27,36-37H,1-2,4-5,9-12,14H2,(H,34,38)(H,35,39)/t18-,19-,24-,25+,27-,30+/m1/s1. The van der Waals surface area contributed by atoms with Crippen molar-refractivity contribution in [2.75, 3.05) is 5.32 Å². The van der Waals surface area contributed by atoms with Gasteiger partial charge in [0.15, 0.2) is 0 Å². The Balaban J connectivity index is 1.48. The highest BCUT2D eigenvalue weighted by molar-refractivity contribution is 6.31. The summed E-state index contributed by atoms with van der Waals surface area (Å²) in [5.74, 6) is -1.55. The van der Waals surface area contributed by atoms with Gasteiger partial charge in [0, 0.05) is 28.7 Å². The SMILES string of the molecule is O=C(N[C@H]1CC[C@H](O)CC1)[C@@H]1N[C@H](CC2CCCC2)[C@]2(C(=O)Nc3cc(Cl)ccc32)[C@H]1c1cccc(Cl)c1F. The lowest BCUT2D eigenvalue weighted by molar-refractivity contribution is -0.124. The van der Waals surface area contributed by atoms with Crippen molar-refractivity contribution in [3.63, 3.8) is 0 Å². The van der Waals surface area contributed by atoms with Gasteiger partial charge in [-0.25, -0.2) is 4.39 Å². The molecular weight excluding hydrogens is 540 g/mol. The molecule has 3 fully saturated rings. The summed E-state index contributed by atoms with van der Waals surface area (Å²) in [6.45, 7) is 0. The second-order valence-electron chi connectivity index (χ2n) is 11.7. The van der Waals surface area contributed by atoms with E-state index in [0.717, 1.165) is 31.2 Å². The van der Waals surface area contributed by atoms with Gasteiger partial charge in [-0.15, -0.1) is 0 Å². The Labute approximate surface area is 238 Å². The highest BCUT2D eigenvalue weighted by Gasteiger charge is 2.66. The molecule has 6 nitrogen and oxygen atoms in total. The lowest BCUT2D eigenvalue weighted by Gasteiger charge is -2.36. The number of aliphatic hydroxyl groups is 1. The van der Waals surface area contributed by atoms with Gasteiger partial charge in [0.25, 0.3) is 0 Å². The zero-order valence-electron chi connectivity index (χ0n) is 21.7. The van der Waals surface area contributed by atoms with Gasteiger partial charge in [0.1, 0.15) is 11.2 Å². The Morgan fingerprint density at radius 3 is 2.56 bits per heavy atom. The van der Waals surface area contributed by atoms with Crippen LogP contribution in [0.2, 0.25) is 10.0 Å². The fourth-order valence-corrected chi connectivity index (χ4v) is 8.02. The second-order valence-corrected chi connectivity index (χ2v) is 12.6. The molecule has 0 radical (unpaired) electrons. The molecule has 208 valence electrons. The highest BCUT2D eigenvalue weighted by Crippen LogP contribution is 2.57. The Kier molecular flexibility index (Phi) is 7.38. The fourth-order valence-electron chi connectivity index (χ4n) is 7.66. The number of anilines is 1. The van der Waals surface area contributed by atoms with Crippen LogP contribution in [0.1, 0.15) is 74.8 Å². The Hall–Kier alpha value is -2.19. The summed E-state index contributed by atoms with van der Waals surface area (Å²) < 4.78 is 15.9. The number of carbonyl (C=O) groups excluding carboxylic acids is 2. The van der Waals surface area contributed by atoms with Gasteiger partial charge in [0.05, 0.1) is 17.2 Å². The van der Waals surface area contributed by atoms with Crippen LogP contribution >= 0.6 is 23.2 Å². The number of carbonyl (C=O) groups is 2. The van der Waals surface area contributed by atoms with Crippen molar-refractivity contribution >= 4 is 40.7 Å². The maximum absolute atomic E-state index is 15.9.